The number of aromatic amines is 1. The van der Waals surface area contributed by atoms with Gasteiger partial charge in [-0.25, -0.2) is 0 Å². The van der Waals surface area contributed by atoms with E-state index in [1.807, 2.05) is 43.3 Å². The van der Waals surface area contributed by atoms with Gasteiger partial charge in [-0.05, 0) is 30.4 Å². The number of hydrogen-bond donors (Lipinski definition) is 1. The topological polar surface area (TPSA) is 55.2 Å². The van der Waals surface area contributed by atoms with E-state index in [9.17, 15) is 0 Å². The Balaban J connectivity index is 2.15. The van der Waals surface area contributed by atoms with E-state index < -0.39 is 0 Å². The van der Waals surface area contributed by atoms with Crippen molar-refractivity contribution in [2.45, 2.75) is 13.3 Å². The van der Waals surface area contributed by atoms with Crippen molar-refractivity contribution in [3.63, 3.8) is 0 Å². The summed E-state index contributed by atoms with van der Waals surface area (Å²) in [6.45, 7) is 2.00. The van der Waals surface area contributed by atoms with Gasteiger partial charge in [0, 0.05) is 18.2 Å². The number of rotatable bonds is 5. The lowest BCUT2D eigenvalue weighted by Crippen LogP contribution is -1.96. The zero-order valence-corrected chi connectivity index (χ0v) is 12.2. The van der Waals surface area contributed by atoms with Crippen LogP contribution in [0.15, 0.2) is 35.4 Å². The maximum absolute atomic E-state index is 5.27. The highest BCUT2D eigenvalue weighted by molar-refractivity contribution is 7.71. The lowest BCUT2D eigenvalue weighted by Gasteiger charge is -2.02. The third-order valence-electron chi connectivity index (χ3n) is 2.72. The molecule has 0 amide bonds. The van der Waals surface area contributed by atoms with Crippen molar-refractivity contribution in [3.05, 3.63) is 46.5 Å². The number of aromatic nitrogens is 3. The molecule has 104 valence electrons. The Hall–Kier alpha value is -2.21. The number of H-pyrrole nitrogens is 1. The second-order valence-electron chi connectivity index (χ2n) is 3.98. The van der Waals surface area contributed by atoms with Crippen molar-refractivity contribution in [2.75, 3.05) is 7.11 Å². The molecule has 6 heteroatoms. The summed E-state index contributed by atoms with van der Waals surface area (Å²) >= 11 is 5.11. The van der Waals surface area contributed by atoms with Gasteiger partial charge in [0.1, 0.15) is 5.75 Å². The van der Waals surface area contributed by atoms with Crippen LogP contribution in [0.25, 0.3) is 6.08 Å². The van der Waals surface area contributed by atoms with E-state index in [0.717, 1.165) is 23.6 Å². The third kappa shape index (κ3) is 3.21. The number of allylic oxidation sites excluding steroid dienone is 1. The second kappa shape index (κ2) is 6.81. The van der Waals surface area contributed by atoms with Crippen LogP contribution in [0, 0.1) is 4.77 Å². The fraction of sp³-hybridized carbons (Fsp3) is 0.214. The van der Waals surface area contributed by atoms with E-state index in [-0.39, 0.29) is 0 Å². The van der Waals surface area contributed by atoms with Gasteiger partial charge in [0.05, 0.1) is 7.11 Å². The molecule has 2 aromatic rings. The van der Waals surface area contributed by atoms with E-state index in [4.69, 9.17) is 17.0 Å². The average Bonchev–Trinajstić information content (AvgIpc) is 2.84. The van der Waals surface area contributed by atoms with Gasteiger partial charge in [-0.2, -0.15) is 14.9 Å². The molecule has 0 saturated heterocycles. The summed E-state index contributed by atoms with van der Waals surface area (Å²) in [7, 11) is 1.65. The minimum atomic E-state index is 0.490. The van der Waals surface area contributed by atoms with E-state index in [0.29, 0.717) is 4.77 Å². The highest BCUT2D eigenvalue weighted by Gasteiger charge is 2.00. The quantitative estimate of drug-likeness (QED) is 0.679. The molecular weight excluding hydrogens is 272 g/mol. The van der Waals surface area contributed by atoms with Gasteiger partial charge >= 0.3 is 0 Å². The molecule has 1 N–H and O–H groups in total. The van der Waals surface area contributed by atoms with Crippen molar-refractivity contribution in [2.24, 2.45) is 5.10 Å². The molecule has 0 radical (unpaired) electrons. The number of nitrogens with zero attached hydrogens (tertiary/aromatic N) is 3. The molecule has 0 atom stereocenters. The summed E-state index contributed by atoms with van der Waals surface area (Å²) in [5, 5.41) is 11.1. The van der Waals surface area contributed by atoms with Crippen molar-refractivity contribution < 1.29 is 4.74 Å². The zero-order chi connectivity index (χ0) is 14.4. The van der Waals surface area contributed by atoms with E-state index in [1.54, 1.807) is 18.0 Å². The Kier molecular flexibility index (Phi) is 4.84. The largest absolute Gasteiger partial charge is 0.496 e. The monoisotopic (exact) mass is 288 g/mol. The number of benzene rings is 1. The SMILES string of the molecule is CCc1n[nH]c(=S)n1N=CC=Cc1ccccc1OC. The fourth-order valence-electron chi connectivity index (χ4n) is 1.73. The molecule has 2 rings (SSSR count). The smallest absolute Gasteiger partial charge is 0.216 e. The number of nitrogens with one attached hydrogen (secondary N) is 1. The van der Waals surface area contributed by atoms with Crippen molar-refractivity contribution in [1.82, 2.24) is 14.9 Å². The predicted molar refractivity (Wildman–Crippen MR) is 82.7 cm³/mol. The van der Waals surface area contributed by atoms with Crippen molar-refractivity contribution in [3.8, 4) is 5.75 Å². The Morgan fingerprint density at radius 3 is 3.00 bits per heavy atom. The minimum Gasteiger partial charge on any atom is -0.496 e. The van der Waals surface area contributed by atoms with Crippen LogP contribution >= 0.6 is 12.2 Å². The molecule has 0 spiro atoms. The summed E-state index contributed by atoms with van der Waals surface area (Å²) in [6, 6.07) is 7.78. The van der Waals surface area contributed by atoms with E-state index >= 15 is 0 Å². The first-order valence-electron chi connectivity index (χ1n) is 6.26. The number of aryl methyl sites for hydroxylation is 1. The van der Waals surface area contributed by atoms with Crippen LogP contribution < -0.4 is 4.74 Å². The molecule has 0 saturated carbocycles. The Morgan fingerprint density at radius 1 is 1.45 bits per heavy atom. The van der Waals surface area contributed by atoms with Crippen LogP contribution in [-0.2, 0) is 6.42 Å². The summed E-state index contributed by atoms with van der Waals surface area (Å²) < 4.78 is 7.37. The minimum absolute atomic E-state index is 0.490. The molecule has 1 aromatic carbocycles. The first kappa shape index (κ1) is 14.2. The lowest BCUT2D eigenvalue weighted by molar-refractivity contribution is 0.414. The number of para-hydroxylation sites is 1. The molecule has 0 unspecified atom stereocenters. The first-order chi connectivity index (χ1) is 9.76. The maximum atomic E-state index is 5.27. The van der Waals surface area contributed by atoms with Crippen LogP contribution in [-0.4, -0.2) is 28.2 Å². The molecule has 20 heavy (non-hydrogen) atoms. The second-order valence-corrected chi connectivity index (χ2v) is 4.36. The Morgan fingerprint density at radius 2 is 2.25 bits per heavy atom. The molecule has 1 heterocycles. The lowest BCUT2D eigenvalue weighted by atomic mass is 10.2. The van der Waals surface area contributed by atoms with Gasteiger partial charge in [-0.1, -0.05) is 25.1 Å². The van der Waals surface area contributed by atoms with Crippen LogP contribution in [0.3, 0.4) is 0 Å². The molecule has 1 aromatic heterocycles. The zero-order valence-electron chi connectivity index (χ0n) is 11.4. The normalized spacial score (nSPS) is 11.5. The van der Waals surface area contributed by atoms with Crippen molar-refractivity contribution in [1.29, 1.82) is 0 Å². The van der Waals surface area contributed by atoms with Crippen molar-refractivity contribution >= 4 is 24.5 Å². The molecule has 5 nitrogen and oxygen atoms in total. The Bertz CT molecular complexity index is 684. The first-order valence-corrected chi connectivity index (χ1v) is 6.67. The van der Waals surface area contributed by atoms with Crippen LogP contribution in [0.5, 0.6) is 5.75 Å². The maximum Gasteiger partial charge on any atom is 0.216 e. The van der Waals surface area contributed by atoms with E-state index in [2.05, 4.69) is 15.3 Å². The predicted octanol–water partition coefficient (Wildman–Crippen LogP) is 3.06. The van der Waals surface area contributed by atoms with Gasteiger partial charge < -0.3 is 4.74 Å². The standard InChI is InChI=1S/C14H16N4OS/c1-3-13-16-17-14(20)18(13)15-10-6-8-11-7-4-5-9-12(11)19-2/h4-10H,3H2,1-2H3,(H,17,20). The van der Waals surface area contributed by atoms with E-state index in [1.165, 1.54) is 0 Å². The molecule has 0 bridgehead atoms. The molecule has 0 fully saturated rings. The molecule has 0 aliphatic heterocycles. The summed E-state index contributed by atoms with van der Waals surface area (Å²) in [5.41, 5.74) is 0.993. The van der Waals surface area contributed by atoms with Crippen LogP contribution in [0.4, 0.5) is 0 Å². The van der Waals surface area contributed by atoms with Gasteiger partial charge in [-0.3, -0.25) is 5.10 Å². The number of ether oxygens (including phenoxy) is 1. The fourth-order valence-corrected chi connectivity index (χ4v) is 1.93. The number of methoxy groups -OCH3 is 1. The summed E-state index contributed by atoms with van der Waals surface area (Å²) in [5.74, 6) is 1.63. The van der Waals surface area contributed by atoms with Gasteiger partial charge in [0.2, 0.25) is 4.77 Å². The average molecular weight is 288 g/mol. The molecule has 0 aliphatic rings. The van der Waals surface area contributed by atoms with Gasteiger partial charge in [-0.15, -0.1) is 0 Å². The number of hydrogen-bond acceptors (Lipinski definition) is 4. The highest BCUT2D eigenvalue weighted by atomic mass is 32.1. The third-order valence-corrected chi connectivity index (χ3v) is 2.98. The Labute approximate surface area is 122 Å². The summed E-state index contributed by atoms with van der Waals surface area (Å²) in [4.78, 5) is 0. The van der Waals surface area contributed by atoms with Crippen LogP contribution in [0.1, 0.15) is 18.3 Å². The van der Waals surface area contributed by atoms with Gasteiger partial charge in [0.25, 0.3) is 0 Å². The highest BCUT2D eigenvalue weighted by Crippen LogP contribution is 2.18. The van der Waals surface area contributed by atoms with Crippen LogP contribution in [0.2, 0.25) is 0 Å². The summed E-state index contributed by atoms with van der Waals surface area (Å²) in [6.07, 6.45) is 6.21. The van der Waals surface area contributed by atoms with Gasteiger partial charge in [0.15, 0.2) is 5.82 Å². The molecular formula is C14H16N4OS. The molecule has 0 aliphatic carbocycles.